The molecule has 1 unspecified atom stereocenters. The molecule has 0 saturated carbocycles. The summed E-state index contributed by atoms with van der Waals surface area (Å²) in [5, 5.41) is 8.94. The van der Waals surface area contributed by atoms with Crippen molar-refractivity contribution in [2.45, 2.75) is 32.7 Å². The number of hydrogen-bond donors (Lipinski definition) is 1. The molecule has 17 heavy (non-hydrogen) atoms. The van der Waals surface area contributed by atoms with Gasteiger partial charge in [-0.2, -0.15) is 0 Å². The standard InChI is InChI=1S/C15H23NO/c1-2-13-3-5-14(6-4-13)11-16-9-7-15(12-16)8-10-17/h3-6,15,17H,2,7-12H2,1H3. The third-order valence-electron chi connectivity index (χ3n) is 3.74. The molecule has 1 aliphatic rings. The van der Waals surface area contributed by atoms with Crippen LogP contribution in [0.15, 0.2) is 24.3 Å². The van der Waals surface area contributed by atoms with E-state index in [-0.39, 0.29) is 0 Å². The van der Waals surface area contributed by atoms with Crippen molar-refractivity contribution in [3.05, 3.63) is 35.4 Å². The topological polar surface area (TPSA) is 23.5 Å². The SMILES string of the molecule is CCc1ccc(CN2CCC(CCO)C2)cc1. The molecular weight excluding hydrogens is 210 g/mol. The maximum atomic E-state index is 8.94. The molecule has 1 saturated heterocycles. The summed E-state index contributed by atoms with van der Waals surface area (Å²) in [5.74, 6) is 0.704. The van der Waals surface area contributed by atoms with Gasteiger partial charge >= 0.3 is 0 Å². The highest BCUT2D eigenvalue weighted by Crippen LogP contribution is 2.21. The molecular formula is C15H23NO. The Morgan fingerprint density at radius 1 is 1.24 bits per heavy atom. The van der Waals surface area contributed by atoms with Gasteiger partial charge in [0.1, 0.15) is 0 Å². The minimum atomic E-state index is 0.337. The van der Waals surface area contributed by atoms with Crippen LogP contribution in [-0.2, 0) is 13.0 Å². The summed E-state index contributed by atoms with van der Waals surface area (Å²) in [6, 6.07) is 8.96. The van der Waals surface area contributed by atoms with Crippen LogP contribution in [0.5, 0.6) is 0 Å². The Bertz CT molecular complexity index is 333. The third-order valence-corrected chi connectivity index (χ3v) is 3.74. The lowest BCUT2D eigenvalue weighted by atomic mass is 10.1. The van der Waals surface area contributed by atoms with Crippen molar-refractivity contribution >= 4 is 0 Å². The molecule has 1 fully saturated rings. The lowest BCUT2D eigenvalue weighted by Crippen LogP contribution is -2.20. The number of aliphatic hydroxyl groups excluding tert-OH is 1. The number of nitrogens with zero attached hydrogens (tertiary/aromatic N) is 1. The molecule has 0 radical (unpaired) electrons. The fourth-order valence-corrected chi connectivity index (χ4v) is 2.61. The Kier molecular flexibility index (Phi) is 4.57. The third kappa shape index (κ3) is 3.55. The van der Waals surface area contributed by atoms with Gasteiger partial charge in [0, 0.05) is 19.7 Å². The highest BCUT2D eigenvalue weighted by atomic mass is 16.3. The maximum Gasteiger partial charge on any atom is 0.0434 e. The van der Waals surface area contributed by atoms with E-state index in [1.165, 1.54) is 24.1 Å². The number of likely N-dealkylation sites (tertiary alicyclic amines) is 1. The van der Waals surface area contributed by atoms with Crippen molar-refractivity contribution < 1.29 is 5.11 Å². The lowest BCUT2D eigenvalue weighted by molar-refractivity contribution is 0.249. The predicted molar refractivity (Wildman–Crippen MR) is 70.9 cm³/mol. The molecule has 0 aromatic heterocycles. The quantitative estimate of drug-likeness (QED) is 0.844. The van der Waals surface area contributed by atoms with Crippen LogP contribution in [0.1, 0.15) is 30.9 Å². The molecule has 0 aliphatic carbocycles. The van der Waals surface area contributed by atoms with Crippen LogP contribution in [0.25, 0.3) is 0 Å². The molecule has 1 aliphatic heterocycles. The monoisotopic (exact) mass is 233 g/mol. The van der Waals surface area contributed by atoms with Crippen LogP contribution in [0.2, 0.25) is 0 Å². The van der Waals surface area contributed by atoms with Crippen molar-refractivity contribution in [2.75, 3.05) is 19.7 Å². The summed E-state index contributed by atoms with van der Waals surface area (Å²) in [7, 11) is 0. The second-order valence-electron chi connectivity index (χ2n) is 5.07. The summed E-state index contributed by atoms with van der Waals surface area (Å²) < 4.78 is 0. The summed E-state index contributed by atoms with van der Waals surface area (Å²) in [6.07, 6.45) is 3.32. The van der Waals surface area contributed by atoms with Crippen LogP contribution >= 0.6 is 0 Å². The molecule has 1 aromatic carbocycles. The van der Waals surface area contributed by atoms with Gasteiger partial charge < -0.3 is 5.11 Å². The van der Waals surface area contributed by atoms with Crippen LogP contribution in [0.4, 0.5) is 0 Å². The summed E-state index contributed by atoms with van der Waals surface area (Å²) in [5.41, 5.74) is 2.82. The Balaban J connectivity index is 1.84. The normalized spacial score (nSPS) is 20.9. The first-order valence-corrected chi connectivity index (χ1v) is 6.73. The summed E-state index contributed by atoms with van der Waals surface area (Å²) >= 11 is 0. The highest BCUT2D eigenvalue weighted by molar-refractivity contribution is 5.22. The van der Waals surface area contributed by atoms with Crippen molar-refractivity contribution in [2.24, 2.45) is 5.92 Å². The van der Waals surface area contributed by atoms with Crippen molar-refractivity contribution in [1.29, 1.82) is 0 Å². The van der Waals surface area contributed by atoms with Gasteiger partial charge in [-0.25, -0.2) is 0 Å². The second-order valence-corrected chi connectivity index (χ2v) is 5.07. The van der Waals surface area contributed by atoms with Gasteiger partial charge in [-0.05, 0) is 42.9 Å². The lowest BCUT2D eigenvalue weighted by Gasteiger charge is -2.16. The van der Waals surface area contributed by atoms with Crippen LogP contribution in [0, 0.1) is 5.92 Å². The van der Waals surface area contributed by atoms with E-state index in [9.17, 15) is 0 Å². The Labute approximate surface area is 104 Å². The number of aliphatic hydroxyl groups is 1. The summed E-state index contributed by atoms with van der Waals surface area (Å²) in [4.78, 5) is 2.50. The first-order chi connectivity index (χ1) is 8.31. The Morgan fingerprint density at radius 3 is 2.59 bits per heavy atom. The number of benzene rings is 1. The molecule has 1 heterocycles. The van der Waals surface area contributed by atoms with E-state index in [1.54, 1.807) is 0 Å². The van der Waals surface area contributed by atoms with E-state index in [1.807, 2.05) is 0 Å². The van der Waals surface area contributed by atoms with Gasteiger partial charge in [-0.3, -0.25) is 4.90 Å². The van der Waals surface area contributed by atoms with Gasteiger partial charge in [0.05, 0.1) is 0 Å². The van der Waals surface area contributed by atoms with Crippen molar-refractivity contribution in [3.8, 4) is 0 Å². The first kappa shape index (κ1) is 12.6. The summed E-state index contributed by atoms with van der Waals surface area (Å²) in [6.45, 7) is 5.92. The highest BCUT2D eigenvalue weighted by Gasteiger charge is 2.21. The Hall–Kier alpha value is -0.860. The van der Waals surface area contributed by atoms with E-state index in [0.29, 0.717) is 12.5 Å². The van der Waals surface area contributed by atoms with Gasteiger partial charge in [0.15, 0.2) is 0 Å². The molecule has 1 atom stereocenters. The van der Waals surface area contributed by atoms with E-state index in [2.05, 4.69) is 36.1 Å². The van der Waals surface area contributed by atoms with Crippen LogP contribution in [0.3, 0.4) is 0 Å². The van der Waals surface area contributed by atoms with E-state index in [0.717, 1.165) is 25.9 Å². The van der Waals surface area contributed by atoms with Crippen LogP contribution in [-0.4, -0.2) is 29.7 Å². The Morgan fingerprint density at radius 2 is 1.94 bits per heavy atom. The average molecular weight is 233 g/mol. The van der Waals surface area contributed by atoms with Crippen molar-refractivity contribution in [3.63, 3.8) is 0 Å². The van der Waals surface area contributed by atoms with E-state index < -0.39 is 0 Å². The van der Waals surface area contributed by atoms with Crippen molar-refractivity contribution in [1.82, 2.24) is 4.90 Å². The molecule has 2 heteroatoms. The number of hydrogen-bond acceptors (Lipinski definition) is 2. The fraction of sp³-hybridized carbons (Fsp3) is 0.600. The smallest absolute Gasteiger partial charge is 0.0434 e. The van der Waals surface area contributed by atoms with E-state index >= 15 is 0 Å². The molecule has 0 amide bonds. The number of aryl methyl sites for hydroxylation is 1. The predicted octanol–water partition coefficient (Wildman–Crippen LogP) is 2.45. The molecule has 94 valence electrons. The van der Waals surface area contributed by atoms with Crippen LogP contribution < -0.4 is 0 Å². The molecule has 0 bridgehead atoms. The minimum Gasteiger partial charge on any atom is -0.396 e. The van der Waals surface area contributed by atoms with E-state index in [4.69, 9.17) is 5.11 Å². The zero-order valence-electron chi connectivity index (χ0n) is 10.7. The van der Waals surface area contributed by atoms with Gasteiger partial charge in [0.2, 0.25) is 0 Å². The second kappa shape index (κ2) is 6.18. The first-order valence-electron chi connectivity index (χ1n) is 6.73. The number of rotatable bonds is 5. The molecule has 1 aromatic rings. The average Bonchev–Trinajstić information content (AvgIpc) is 2.78. The largest absolute Gasteiger partial charge is 0.396 e. The van der Waals surface area contributed by atoms with Gasteiger partial charge in [0.25, 0.3) is 0 Å². The van der Waals surface area contributed by atoms with Gasteiger partial charge in [-0.15, -0.1) is 0 Å². The molecule has 2 nitrogen and oxygen atoms in total. The molecule has 0 spiro atoms. The molecule has 1 N–H and O–H groups in total. The fourth-order valence-electron chi connectivity index (χ4n) is 2.61. The zero-order valence-corrected chi connectivity index (χ0v) is 10.7. The maximum absolute atomic E-state index is 8.94. The van der Waals surface area contributed by atoms with Gasteiger partial charge in [-0.1, -0.05) is 31.2 Å². The zero-order chi connectivity index (χ0) is 12.1. The molecule has 2 rings (SSSR count). The minimum absolute atomic E-state index is 0.337.